The predicted molar refractivity (Wildman–Crippen MR) is 85.0 cm³/mol. The lowest BCUT2D eigenvalue weighted by Crippen LogP contribution is -2.23. The lowest BCUT2D eigenvalue weighted by Gasteiger charge is -2.19. The second-order valence-corrected chi connectivity index (χ2v) is 5.54. The van der Waals surface area contributed by atoms with Crippen LogP contribution in [0.15, 0.2) is 36.5 Å². The average molecular weight is 268 g/mol. The molecule has 0 aliphatic rings. The summed E-state index contributed by atoms with van der Waals surface area (Å²) in [5, 5.41) is 3.59. The van der Waals surface area contributed by atoms with Crippen LogP contribution in [0.1, 0.15) is 40.9 Å². The molecule has 2 aromatic rings. The van der Waals surface area contributed by atoms with Gasteiger partial charge in [0.05, 0.1) is 0 Å². The lowest BCUT2D eigenvalue weighted by atomic mass is 9.96. The van der Waals surface area contributed by atoms with Gasteiger partial charge in [-0.2, -0.15) is 0 Å². The van der Waals surface area contributed by atoms with E-state index >= 15 is 0 Å². The maximum atomic E-state index is 4.29. The smallest absolute Gasteiger partial charge is 0.0375 e. The van der Waals surface area contributed by atoms with Crippen LogP contribution in [-0.2, 0) is 6.42 Å². The van der Waals surface area contributed by atoms with Crippen LogP contribution >= 0.6 is 0 Å². The van der Waals surface area contributed by atoms with Crippen LogP contribution in [0.5, 0.6) is 0 Å². The third-order valence-corrected chi connectivity index (χ3v) is 3.49. The Bertz CT molecular complexity index is 555. The number of hydrogen-bond donors (Lipinski definition) is 1. The number of nitrogens with one attached hydrogen (secondary N) is 1. The van der Waals surface area contributed by atoms with Gasteiger partial charge in [-0.25, -0.2) is 0 Å². The Morgan fingerprint density at radius 3 is 2.35 bits per heavy atom. The van der Waals surface area contributed by atoms with E-state index in [2.05, 4.69) is 61.4 Å². The zero-order chi connectivity index (χ0) is 14.5. The van der Waals surface area contributed by atoms with Gasteiger partial charge in [0.15, 0.2) is 0 Å². The Morgan fingerprint density at radius 1 is 1.05 bits per heavy atom. The van der Waals surface area contributed by atoms with Crippen molar-refractivity contribution in [2.24, 2.45) is 0 Å². The Labute approximate surface area is 122 Å². The molecule has 2 rings (SSSR count). The van der Waals surface area contributed by atoms with Crippen molar-refractivity contribution < 1.29 is 0 Å². The Balaban J connectivity index is 2.25. The van der Waals surface area contributed by atoms with Crippen LogP contribution < -0.4 is 5.32 Å². The minimum Gasteiger partial charge on any atom is -0.310 e. The molecule has 1 heterocycles. The van der Waals surface area contributed by atoms with Crippen LogP contribution in [0.25, 0.3) is 0 Å². The normalized spacial score (nSPS) is 12.4. The molecule has 2 nitrogen and oxygen atoms in total. The first-order chi connectivity index (χ1) is 9.58. The van der Waals surface area contributed by atoms with Gasteiger partial charge >= 0.3 is 0 Å². The van der Waals surface area contributed by atoms with Gasteiger partial charge in [0.25, 0.3) is 0 Å². The molecule has 0 amide bonds. The van der Waals surface area contributed by atoms with E-state index in [0.717, 1.165) is 18.7 Å². The summed E-state index contributed by atoms with van der Waals surface area (Å²) in [4.78, 5) is 4.29. The second kappa shape index (κ2) is 6.67. The van der Waals surface area contributed by atoms with Crippen LogP contribution in [-0.4, -0.2) is 11.5 Å². The maximum Gasteiger partial charge on any atom is 0.0375 e. The van der Waals surface area contributed by atoms with Crippen LogP contribution in [0.4, 0.5) is 0 Å². The number of aryl methyl sites for hydroxylation is 3. The van der Waals surface area contributed by atoms with Gasteiger partial charge in [0.1, 0.15) is 0 Å². The van der Waals surface area contributed by atoms with Crippen molar-refractivity contribution in [3.8, 4) is 0 Å². The Kier molecular flexibility index (Phi) is 4.91. The molecule has 0 saturated carbocycles. The number of likely N-dealkylation sites (N-methyl/N-ethyl adjacent to an activating group) is 1. The molecule has 0 saturated heterocycles. The molecule has 0 aliphatic carbocycles. The van der Waals surface area contributed by atoms with Crippen molar-refractivity contribution in [1.82, 2.24) is 10.3 Å². The molecule has 0 bridgehead atoms. The Hall–Kier alpha value is -1.67. The van der Waals surface area contributed by atoms with Gasteiger partial charge in [-0.05, 0) is 57.0 Å². The number of nitrogens with zero attached hydrogens (tertiary/aromatic N) is 1. The van der Waals surface area contributed by atoms with Gasteiger partial charge in [-0.3, -0.25) is 4.98 Å². The molecule has 20 heavy (non-hydrogen) atoms. The number of hydrogen-bond acceptors (Lipinski definition) is 2. The van der Waals surface area contributed by atoms with Crippen LogP contribution in [0.2, 0.25) is 0 Å². The number of benzene rings is 1. The van der Waals surface area contributed by atoms with E-state index in [4.69, 9.17) is 0 Å². The summed E-state index contributed by atoms with van der Waals surface area (Å²) in [6.45, 7) is 9.49. The predicted octanol–water partition coefficient (Wildman–Crippen LogP) is 3.90. The highest BCUT2D eigenvalue weighted by Crippen LogP contribution is 2.20. The fraction of sp³-hybridized carbons (Fsp3) is 0.389. The highest BCUT2D eigenvalue weighted by atomic mass is 14.9. The molecule has 0 fully saturated rings. The summed E-state index contributed by atoms with van der Waals surface area (Å²) >= 11 is 0. The SMILES string of the molecule is CCNC(Cc1cc(C)cc(C)c1)c1ccnc(C)c1. The van der Waals surface area contributed by atoms with Crippen LogP contribution in [0.3, 0.4) is 0 Å². The van der Waals surface area contributed by atoms with Crippen LogP contribution in [0, 0.1) is 20.8 Å². The molecule has 0 radical (unpaired) electrons. The van der Waals surface area contributed by atoms with Crippen molar-refractivity contribution >= 4 is 0 Å². The van der Waals surface area contributed by atoms with Crippen molar-refractivity contribution in [3.05, 3.63) is 64.5 Å². The third-order valence-electron chi connectivity index (χ3n) is 3.49. The van der Waals surface area contributed by atoms with Gasteiger partial charge in [-0.15, -0.1) is 0 Å². The molecule has 0 spiro atoms. The number of pyridine rings is 1. The lowest BCUT2D eigenvalue weighted by molar-refractivity contribution is 0.548. The van der Waals surface area contributed by atoms with Crippen molar-refractivity contribution in [1.29, 1.82) is 0 Å². The van der Waals surface area contributed by atoms with Gasteiger partial charge < -0.3 is 5.32 Å². The van der Waals surface area contributed by atoms with Crippen molar-refractivity contribution in [2.45, 2.75) is 40.2 Å². The fourth-order valence-corrected chi connectivity index (χ4v) is 2.76. The topological polar surface area (TPSA) is 24.9 Å². The fourth-order valence-electron chi connectivity index (χ4n) is 2.76. The van der Waals surface area contributed by atoms with E-state index < -0.39 is 0 Å². The second-order valence-electron chi connectivity index (χ2n) is 5.54. The quantitative estimate of drug-likeness (QED) is 0.889. The number of rotatable bonds is 5. The summed E-state index contributed by atoms with van der Waals surface area (Å²) in [6.07, 6.45) is 2.91. The van der Waals surface area contributed by atoms with E-state index in [9.17, 15) is 0 Å². The van der Waals surface area contributed by atoms with E-state index in [1.807, 2.05) is 13.1 Å². The molecule has 1 N–H and O–H groups in total. The third kappa shape index (κ3) is 3.91. The van der Waals surface area contributed by atoms with Gasteiger partial charge in [0, 0.05) is 17.9 Å². The van der Waals surface area contributed by atoms with E-state index in [-0.39, 0.29) is 0 Å². The van der Waals surface area contributed by atoms with E-state index in [1.165, 1.54) is 22.3 Å². The average Bonchev–Trinajstić information content (AvgIpc) is 2.37. The first kappa shape index (κ1) is 14.7. The largest absolute Gasteiger partial charge is 0.310 e. The Morgan fingerprint density at radius 2 is 1.75 bits per heavy atom. The molecule has 1 atom stereocenters. The molecule has 0 aliphatic heterocycles. The minimum absolute atomic E-state index is 0.350. The first-order valence-electron chi connectivity index (χ1n) is 7.31. The molecule has 1 aromatic carbocycles. The molecule has 106 valence electrons. The van der Waals surface area contributed by atoms with Gasteiger partial charge in [0.2, 0.25) is 0 Å². The van der Waals surface area contributed by atoms with Crippen molar-refractivity contribution in [3.63, 3.8) is 0 Å². The zero-order valence-electron chi connectivity index (χ0n) is 12.9. The molecule has 1 aromatic heterocycles. The standard InChI is InChI=1S/C18H24N2/c1-5-19-18(17-6-7-20-15(4)11-17)12-16-9-13(2)8-14(3)10-16/h6-11,18-19H,5,12H2,1-4H3. The number of aromatic nitrogens is 1. The van der Waals surface area contributed by atoms with Crippen molar-refractivity contribution in [2.75, 3.05) is 6.54 Å². The molecule has 1 unspecified atom stereocenters. The highest BCUT2D eigenvalue weighted by Gasteiger charge is 2.12. The summed E-state index contributed by atoms with van der Waals surface area (Å²) in [5.41, 5.74) is 6.45. The first-order valence-corrected chi connectivity index (χ1v) is 7.31. The summed E-state index contributed by atoms with van der Waals surface area (Å²) in [6, 6.07) is 11.4. The minimum atomic E-state index is 0.350. The maximum absolute atomic E-state index is 4.29. The molecular formula is C18H24N2. The van der Waals surface area contributed by atoms with E-state index in [0.29, 0.717) is 6.04 Å². The monoisotopic (exact) mass is 268 g/mol. The molecular weight excluding hydrogens is 244 g/mol. The molecule has 2 heteroatoms. The summed E-state index contributed by atoms with van der Waals surface area (Å²) < 4.78 is 0. The van der Waals surface area contributed by atoms with E-state index in [1.54, 1.807) is 0 Å². The van der Waals surface area contributed by atoms with Gasteiger partial charge in [-0.1, -0.05) is 36.2 Å². The zero-order valence-corrected chi connectivity index (χ0v) is 12.9. The summed E-state index contributed by atoms with van der Waals surface area (Å²) in [7, 11) is 0. The summed E-state index contributed by atoms with van der Waals surface area (Å²) in [5.74, 6) is 0. The highest BCUT2D eigenvalue weighted by molar-refractivity contribution is 5.31.